The minimum absolute atomic E-state index is 0.272. The van der Waals surface area contributed by atoms with E-state index in [9.17, 15) is 4.79 Å². The number of para-hydroxylation sites is 1. The summed E-state index contributed by atoms with van der Waals surface area (Å²) >= 11 is 0. The second-order valence-corrected chi connectivity index (χ2v) is 6.75. The Hall–Kier alpha value is -4.26. The van der Waals surface area contributed by atoms with Crippen LogP contribution in [0.4, 0.5) is 5.69 Å². The molecule has 0 fully saturated rings. The van der Waals surface area contributed by atoms with Crippen molar-refractivity contribution in [3.63, 3.8) is 0 Å². The van der Waals surface area contributed by atoms with Crippen LogP contribution in [-0.2, 0) is 4.79 Å². The predicted octanol–water partition coefficient (Wildman–Crippen LogP) is 4.77. The van der Waals surface area contributed by atoms with Crippen LogP contribution in [-0.4, -0.2) is 28.1 Å². The molecule has 0 atom stereocenters. The summed E-state index contributed by atoms with van der Waals surface area (Å²) in [4.78, 5) is 21.2. The van der Waals surface area contributed by atoms with Crippen LogP contribution in [0.5, 0.6) is 5.75 Å². The van der Waals surface area contributed by atoms with E-state index in [4.69, 9.17) is 9.26 Å². The molecule has 7 nitrogen and oxygen atoms in total. The van der Waals surface area contributed by atoms with E-state index in [2.05, 4.69) is 20.4 Å². The van der Waals surface area contributed by atoms with Crippen molar-refractivity contribution in [3.05, 3.63) is 84.2 Å². The van der Waals surface area contributed by atoms with Crippen molar-refractivity contribution in [1.82, 2.24) is 15.1 Å². The van der Waals surface area contributed by atoms with Gasteiger partial charge in [0, 0.05) is 23.5 Å². The van der Waals surface area contributed by atoms with E-state index in [0.717, 1.165) is 22.6 Å². The zero-order valence-corrected chi connectivity index (χ0v) is 17.1. The molecule has 0 saturated carbocycles. The molecule has 0 unspecified atom stereocenters. The molecule has 31 heavy (non-hydrogen) atoms. The van der Waals surface area contributed by atoms with Gasteiger partial charge in [0.25, 0.3) is 5.89 Å². The van der Waals surface area contributed by atoms with Crippen LogP contribution < -0.4 is 10.1 Å². The number of hydrogen-bond donors (Lipinski definition) is 1. The average molecular weight is 412 g/mol. The number of methoxy groups -OCH3 is 1. The first-order valence-corrected chi connectivity index (χ1v) is 9.61. The first-order chi connectivity index (χ1) is 15.1. The third-order valence-electron chi connectivity index (χ3n) is 4.55. The molecule has 2 aromatic carbocycles. The van der Waals surface area contributed by atoms with Crippen LogP contribution in [0.1, 0.15) is 11.3 Å². The Kier molecular flexibility index (Phi) is 5.84. The van der Waals surface area contributed by atoms with Gasteiger partial charge in [-0.15, -0.1) is 0 Å². The highest BCUT2D eigenvalue weighted by atomic mass is 16.5. The van der Waals surface area contributed by atoms with Crippen LogP contribution in [0.25, 0.3) is 28.9 Å². The second kappa shape index (κ2) is 9.04. The molecule has 0 aliphatic rings. The number of aryl methyl sites for hydroxylation is 1. The van der Waals surface area contributed by atoms with Gasteiger partial charge in [-0.25, -0.2) is 0 Å². The average Bonchev–Trinajstić information content (AvgIpc) is 3.29. The number of carbonyl (C=O) groups excluding carboxylic acids is 1. The van der Waals surface area contributed by atoms with Crippen molar-refractivity contribution in [2.24, 2.45) is 0 Å². The molecular formula is C24H20N4O3. The summed E-state index contributed by atoms with van der Waals surface area (Å²) in [5.41, 5.74) is 3.75. The summed E-state index contributed by atoms with van der Waals surface area (Å²) in [6.45, 7) is 1.91. The Bertz CT molecular complexity index is 1210. The summed E-state index contributed by atoms with van der Waals surface area (Å²) in [5, 5.41) is 6.91. The van der Waals surface area contributed by atoms with Gasteiger partial charge in [0.05, 0.1) is 18.4 Å². The minimum atomic E-state index is -0.272. The first kappa shape index (κ1) is 20.0. The van der Waals surface area contributed by atoms with E-state index in [1.54, 1.807) is 25.4 Å². The van der Waals surface area contributed by atoms with Crippen LogP contribution in [0, 0.1) is 6.92 Å². The minimum Gasteiger partial charge on any atom is -0.497 e. The molecule has 7 heteroatoms. The van der Waals surface area contributed by atoms with Crippen molar-refractivity contribution >= 4 is 17.7 Å². The Morgan fingerprint density at radius 1 is 1.06 bits per heavy atom. The van der Waals surface area contributed by atoms with E-state index < -0.39 is 0 Å². The molecule has 0 radical (unpaired) electrons. The molecule has 4 aromatic rings. The van der Waals surface area contributed by atoms with Gasteiger partial charge in [-0.3, -0.25) is 9.78 Å². The number of ether oxygens (including phenoxy) is 1. The molecular weight excluding hydrogens is 392 g/mol. The van der Waals surface area contributed by atoms with E-state index in [1.165, 1.54) is 6.08 Å². The highest BCUT2D eigenvalue weighted by molar-refractivity contribution is 6.03. The number of amides is 1. The van der Waals surface area contributed by atoms with Gasteiger partial charge in [0.15, 0.2) is 0 Å². The molecule has 0 bridgehead atoms. The molecule has 0 aliphatic heterocycles. The normalized spacial score (nSPS) is 10.9. The number of carbonyl (C=O) groups is 1. The fourth-order valence-corrected chi connectivity index (χ4v) is 2.89. The van der Waals surface area contributed by atoms with Gasteiger partial charge < -0.3 is 14.6 Å². The number of pyridine rings is 1. The van der Waals surface area contributed by atoms with Gasteiger partial charge in [-0.1, -0.05) is 29.4 Å². The smallest absolute Gasteiger partial charge is 0.260 e. The summed E-state index contributed by atoms with van der Waals surface area (Å²) < 4.78 is 10.6. The lowest BCUT2D eigenvalue weighted by Gasteiger charge is -2.06. The maximum Gasteiger partial charge on any atom is 0.260 e. The van der Waals surface area contributed by atoms with Crippen molar-refractivity contribution in [1.29, 1.82) is 0 Å². The number of nitrogens with one attached hydrogen (secondary N) is 1. The van der Waals surface area contributed by atoms with Gasteiger partial charge in [-0.05, 0) is 55.0 Å². The summed E-state index contributed by atoms with van der Waals surface area (Å²) in [5.74, 6) is 1.23. The monoisotopic (exact) mass is 412 g/mol. The highest BCUT2D eigenvalue weighted by Crippen LogP contribution is 2.28. The van der Waals surface area contributed by atoms with Gasteiger partial charge >= 0.3 is 0 Å². The molecule has 0 saturated heterocycles. The maximum absolute atomic E-state index is 12.5. The second-order valence-electron chi connectivity index (χ2n) is 6.75. The van der Waals surface area contributed by atoms with Crippen LogP contribution >= 0.6 is 0 Å². The van der Waals surface area contributed by atoms with Crippen LogP contribution in [0.2, 0.25) is 0 Å². The predicted molar refractivity (Wildman–Crippen MR) is 118 cm³/mol. The Labute approximate surface area is 179 Å². The summed E-state index contributed by atoms with van der Waals surface area (Å²) in [7, 11) is 1.61. The Balaban J connectivity index is 1.51. The molecule has 0 aliphatic carbocycles. The number of rotatable bonds is 6. The number of benzene rings is 2. The molecule has 1 amide bonds. The molecule has 2 aromatic heterocycles. The topological polar surface area (TPSA) is 90.1 Å². The van der Waals surface area contributed by atoms with Crippen LogP contribution in [0.3, 0.4) is 0 Å². The number of anilines is 1. The molecule has 4 rings (SSSR count). The lowest BCUT2D eigenvalue weighted by atomic mass is 10.1. The number of aromatic nitrogens is 3. The number of nitrogens with zero attached hydrogens (tertiary/aromatic N) is 3. The molecule has 1 N–H and O–H groups in total. The largest absolute Gasteiger partial charge is 0.497 e. The zero-order chi connectivity index (χ0) is 21.6. The lowest BCUT2D eigenvalue weighted by molar-refractivity contribution is -0.111. The van der Waals surface area contributed by atoms with E-state index in [0.29, 0.717) is 23.0 Å². The molecule has 154 valence electrons. The summed E-state index contributed by atoms with van der Waals surface area (Å²) in [6, 6.07) is 18.5. The van der Waals surface area contributed by atoms with Gasteiger partial charge in [-0.2, -0.15) is 4.98 Å². The Morgan fingerprint density at radius 3 is 2.61 bits per heavy atom. The van der Waals surface area contributed by atoms with Crippen molar-refractivity contribution in [2.45, 2.75) is 6.92 Å². The summed E-state index contributed by atoms with van der Waals surface area (Å²) in [6.07, 6.45) is 4.89. The third kappa shape index (κ3) is 4.84. The van der Waals surface area contributed by atoms with Crippen molar-refractivity contribution in [3.8, 4) is 28.6 Å². The standard InChI is InChI=1S/C24H20N4O3/c1-16-7-11-18(15-25-16)23-27-24(31-28-23)20-5-3-4-6-21(20)26-22(29)14-10-17-8-12-19(30-2)13-9-17/h3-15H,1-2H3,(H,26,29). The molecule has 2 heterocycles. The van der Waals surface area contributed by atoms with E-state index in [1.807, 2.05) is 61.5 Å². The highest BCUT2D eigenvalue weighted by Gasteiger charge is 2.15. The maximum atomic E-state index is 12.5. The third-order valence-corrected chi connectivity index (χ3v) is 4.55. The van der Waals surface area contributed by atoms with E-state index in [-0.39, 0.29) is 5.91 Å². The van der Waals surface area contributed by atoms with Gasteiger partial charge in [0.1, 0.15) is 5.75 Å². The Morgan fingerprint density at radius 2 is 1.87 bits per heavy atom. The first-order valence-electron chi connectivity index (χ1n) is 9.61. The van der Waals surface area contributed by atoms with E-state index >= 15 is 0 Å². The lowest BCUT2D eigenvalue weighted by Crippen LogP contribution is -2.08. The SMILES string of the molecule is COc1ccc(C=CC(=O)Nc2ccccc2-c2nc(-c3ccc(C)nc3)no2)cc1. The number of hydrogen-bond acceptors (Lipinski definition) is 6. The fraction of sp³-hybridized carbons (Fsp3) is 0.0833. The van der Waals surface area contributed by atoms with Crippen molar-refractivity contribution < 1.29 is 14.1 Å². The molecule has 0 spiro atoms. The van der Waals surface area contributed by atoms with Crippen LogP contribution in [0.15, 0.2) is 77.5 Å². The zero-order valence-electron chi connectivity index (χ0n) is 17.1. The van der Waals surface area contributed by atoms with Crippen molar-refractivity contribution in [2.75, 3.05) is 12.4 Å². The quantitative estimate of drug-likeness (QED) is 0.459. The van der Waals surface area contributed by atoms with Gasteiger partial charge in [0.2, 0.25) is 11.7 Å². The fourth-order valence-electron chi connectivity index (χ4n) is 2.89.